The Morgan fingerprint density at radius 3 is 2.45 bits per heavy atom. The average Bonchev–Trinajstić information content (AvgIpc) is 3.13. The summed E-state index contributed by atoms with van der Waals surface area (Å²) in [6.45, 7) is 2.41. The molecule has 1 saturated heterocycles. The molecule has 5 nitrogen and oxygen atoms in total. The van der Waals surface area contributed by atoms with Crippen molar-refractivity contribution in [1.29, 1.82) is 0 Å². The molecule has 1 saturated carbocycles. The molecule has 2 unspecified atom stereocenters. The maximum Gasteiger partial charge on any atom is 0.150 e. The molecule has 2 fully saturated rings. The summed E-state index contributed by atoms with van der Waals surface area (Å²) in [6, 6.07) is 0.568. The quantitative estimate of drug-likeness (QED) is 0.708. The molecule has 0 bridgehead atoms. The highest BCUT2D eigenvalue weighted by Gasteiger charge is 2.34. The molecular formula is C13H25NO4S2. The highest BCUT2D eigenvalue weighted by atomic mass is 32.2. The lowest BCUT2D eigenvalue weighted by Crippen LogP contribution is -2.32. The third-order valence-corrected chi connectivity index (χ3v) is 7.95. The molecule has 0 radical (unpaired) electrons. The second-order valence-corrected chi connectivity index (χ2v) is 10.8. The zero-order chi connectivity index (χ0) is 14.8. The molecule has 20 heavy (non-hydrogen) atoms. The minimum absolute atomic E-state index is 0.123. The predicted molar refractivity (Wildman–Crippen MR) is 80.2 cm³/mol. The molecule has 118 valence electrons. The number of nitrogens with one attached hydrogen (secondary N) is 1. The molecule has 1 aliphatic carbocycles. The molecular weight excluding hydrogens is 298 g/mol. The van der Waals surface area contributed by atoms with Crippen molar-refractivity contribution in [2.45, 2.75) is 38.6 Å². The van der Waals surface area contributed by atoms with Gasteiger partial charge in [0.05, 0.1) is 17.3 Å². The molecule has 7 heteroatoms. The molecule has 0 aromatic rings. The molecule has 0 amide bonds. The van der Waals surface area contributed by atoms with Crippen LogP contribution in [0.1, 0.15) is 32.6 Å². The van der Waals surface area contributed by atoms with E-state index >= 15 is 0 Å². The van der Waals surface area contributed by atoms with Gasteiger partial charge in [-0.05, 0) is 44.1 Å². The second kappa shape index (κ2) is 6.32. The minimum atomic E-state index is -2.97. The van der Waals surface area contributed by atoms with Crippen molar-refractivity contribution in [3.63, 3.8) is 0 Å². The Morgan fingerprint density at radius 1 is 1.25 bits per heavy atom. The fourth-order valence-electron chi connectivity index (χ4n) is 2.78. The number of rotatable bonds is 8. The van der Waals surface area contributed by atoms with Crippen LogP contribution in [0.5, 0.6) is 0 Å². The number of hydrogen-bond donors (Lipinski definition) is 1. The number of sulfone groups is 2. The molecule has 2 aliphatic rings. The van der Waals surface area contributed by atoms with Gasteiger partial charge >= 0.3 is 0 Å². The van der Waals surface area contributed by atoms with Gasteiger partial charge in [0.25, 0.3) is 0 Å². The Morgan fingerprint density at radius 2 is 1.95 bits per heavy atom. The Balaban J connectivity index is 1.92. The fourth-order valence-corrected chi connectivity index (χ4v) is 5.65. The van der Waals surface area contributed by atoms with Gasteiger partial charge in [-0.1, -0.05) is 6.92 Å². The van der Waals surface area contributed by atoms with Crippen molar-refractivity contribution in [1.82, 2.24) is 5.32 Å². The van der Waals surface area contributed by atoms with E-state index in [9.17, 15) is 16.8 Å². The Hall–Kier alpha value is -0.140. The van der Waals surface area contributed by atoms with Crippen molar-refractivity contribution in [2.75, 3.05) is 29.6 Å². The first-order valence-electron chi connectivity index (χ1n) is 7.45. The van der Waals surface area contributed by atoms with E-state index in [-0.39, 0.29) is 34.8 Å². The van der Waals surface area contributed by atoms with Gasteiger partial charge in [0, 0.05) is 11.8 Å². The van der Waals surface area contributed by atoms with Gasteiger partial charge in [-0.25, -0.2) is 16.8 Å². The maximum absolute atomic E-state index is 11.7. The largest absolute Gasteiger partial charge is 0.314 e. The topological polar surface area (TPSA) is 80.3 Å². The van der Waals surface area contributed by atoms with Crippen LogP contribution in [0.25, 0.3) is 0 Å². The van der Waals surface area contributed by atoms with Crippen molar-refractivity contribution < 1.29 is 16.8 Å². The lowest BCUT2D eigenvalue weighted by Gasteiger charge is -2.23. The van der Waals surface area contributed by atoms with Crippen LogP contribution in [-0.4, -0.2) is 52.4 Å². The van der Waals surface area contributed by atoms with Crippen LogP contribution >= 0.6 is 0 Å². The average molecular weight is 323 g/mol. The van der Waals surface area contributed by atoms with Crippen LogP contribution < -0.4 is 5.32 Å². The van der Waals surface area contributed by atoms with Crippen LogP contribution in [0, 0.1) is 11.8 Å². The maximum atomic E-state index is 11.7. The van der Waals surface area contributed by atoms with E-state index < -0.39 is 19.7 Å². The molecule has 0 spiro atoms. The lowest BCUT2D eigenvalue weighted by molar-refractivity contribution is 0.335. The fraction of sp³-hybridized carbons (Fsp3) is 1.00. The van der Waals surface area contributed by atoms with Crippen LogP contribution in [0.4, 0.5) is 0 Å². The molecule has 0 aromatic heterocycles. The zero-order valence-corrected chi connectivity index (χ0v) is 13.7. The highest BCUT2D eigenvalue weighted by Crippen LogP contribution is 2.29. The SMILES string of the molecule is CCS(=O)(=O)CCC(CNC1CC1)C1CCS(=O)(=O)C1. The van der Waals surface area contributed by atoms with Gasteiger partial charge in [0.15, 0.2) is 9.84 Å². The van der Waals surface area contributed by atoms with Crippen LogP contribution in [-0.2, 0) is 19.7 Å². The van der Waals surface area contributed by atoms with Crippen molar-refractivity contribution in [3.8, 4) is 0 Å². The third kappa shape index (κ3) is 5.00. The monoisotopic (exact) mass is 323 g/mol. The molecule has 2 atom stereocenters. The van der Waals surface area contributed by atoms with Crippen molar-refractivity contribution in [2.24, 2.45) is 11.8 Å². The molecule has 0 aromatic carbocycles. The first-order valence-corrected chi connectivity index (χ1v) is 11.1. The van der Waals surface area contributed by atoms with Crippen LogP contribution in [0.15, 0.2) is 0 Å². The van der Waals surface area contributed by atoms with Crippen LogP contribution in [0.3, 0.4) is 0 Å². The normalized spacial score (nSPS) is 27.6. The first kappa shape index (κ1) is 16.2. The van der Waals surface area contributed by atoms with Gasteiger partial charge in [0.2, 0.25) is 0 Å². The summed E-state index contributed by atoms with van der Waals surface area (Å²) < 4.78 is 46.5. The van der Waals surface area contributed by atoms with Gasteiger partial charge in [-0.2, -0.15) is 0 Å². The van der Waals surface area contributed by atoms with E-state index in [0.717, 1.165) is 6.54 Å². The summed E-state index contributed by atoms with van der Waals surface area (Å²) in [5.41, 5.74) is 0. The Bertz CT molecular complexity index is 523. The van der Waals surface area contributed by atoms with Crippen molar-refractivity contribution >= 4 is 19.7 Å². The van der Waals surface area contributed by atoms with E-state index in [1.807, 2.05) is 0 Å². The van der Waals surface area contributed by atoms with Crippen LogP contribution in [0.2, 0.25) is 0 Å². The first-order chi connectivity index (χ1) is 9.31. The second-order valence-electron chi connectivity index (χ2n) is 6.13. The van der Waals surface area contributed by atoms with Gasteiger partial charge in [0.1, 0.15) is 9.84 Å². The molecule has 1 aliphatic heterocycles. The summed E-state index contributed by atoms with van der Waals surface area (Å²) in [5.74, 6) is 1.12. The lowest BCUT2D eigenvalue weighted by atomic mass is 9.89. The highest BCUT2D eigenvalue weighted by molar-refractivity contribution is 7.91. The Kier molecular flexibility index (Phi) is 5.13. The standard InChI is InChI=1S/C13H25NO4S2/c1-2-19(15,16)7-5-11(9-14-13-3-4-13)12-6-8-20(17,18)10-12/h11-14H,2-10H2,1H3. The zero-order valence-electron chi connectivity index (χ0n) is 12.0. The van der Waals surface area contributed by atoms with E-state index in [1.54, 1.807) is 6.92 Å². The van der Waals surface area contributed by atoms with E-state index in [1.165, 1.54) is 12.8 Å². The summed E-state index contributed by atoms with van der Waals surface area (Å²) in [6.07, 6.45) is 3.63. The predicted octanol–water partition coefficient (Wildman–Crippen LogP) is 0.614. The summed E-state index contributed by atoms with van der Waals surface area (Å²) in [4.78, 5) is 0. The third-order valence-electron chi connectivity index (χ3n) is 4.42. The van der Waals surface area contributed by atoms with Gasteiger partial charge in [-0.15, -0.1) is 0 Å². The van der Waals surface area contributed by atoms with Crippen molar-refractivity contribution in [3.05, 3.63) is 0 Å². The molecule has 1 N–H and O–H groups in total. The minimum Gasteiger partial charge on any atom is -0.314 e. The summed E-state index contributed by atoms with van der Waals surface area (Å²) >= 11 is 0. The molecule has 2 rings (SSSR count). The van der Waals surface area contributed by atoms with Gasteiger partial charge in [-0.3, -0.25) is 0 Å². The van der Waals surface area contributed by atoms with E-state index in [2.05, 4.69) is 5.32 Å². The summed E-state index contributed by atoms with van der Waals surface area (Å²) in [7, 11) is -5.87. The Labute approximate surface area is 122 Å². The number of hydrogen-bond acceptors (Lipinski definition) is 5. The summed E-state index contributed by atoms with van der Waals surface area (Å²) in [5, 5.41) is 3.43. The van der Waals surface area contributed by atoms with Gasteiger partial charge < -0.3 is 5.32 Å². The molecule has 1 heterocycles. The van der Waals surface area contributed by atoms with E-state index in [0.29, 0.717) is 18.9 Å². The smallest absolute Gasteiger partial charge is 0.150 e. The van der Waals surface area contributed by atoms with E-state index in [4.69, 9.17) is 0 Å².